The molecule has 0 N–H and O–H groups in total. The van der Waals surface area contributed by atoms with Crippen molar-refractivity contribution in [1.29, 1.82) is 0 Å². The Balaban J connectivity index is 1.21. The molecule has 265 valence electrons. The van der Waals surface area contributed by atoms with Gasteiger partial charge in [0, 0.05) is 35.6 Å². The third-order valence-corrected chi connectivity index (χ3v) is 7.90. The van der Waals surface area contributed by atoms with Gasteiger partial charge in [0.05, 0.1) is 51.3 Å². The van der Waals surface area contributed by atoms with E-state index in [9.17, 15) is 19.2 Å². The lowest BCUT2D eigenvalue weighted by Crippen LogP contribution is -2.33. The second kappa shape index (κ2) is 19.9. The summed E-state index contributed by atoms with van der Waals surface area (Å²) in [4.78, 5) is 48.5. The molecule has 2 aliphatic heterocycles. The first-order chi connectivity index (χ1) is 24.3. The van der Waals surface area contributed by atoms with Crippen LogP contribution in [0.25, 0.3) is 0 Å². The van der Waals surface area contributed by atoms with Crippen LogP contribution in [0.3, 0.4) is 0 Å². The summed E-state index contributed by atoms with van der Waals surface area (Å²) >= 11 is 0. The highest BCUT2D eigenvalue weighted by Gasteiger charge is 2.49. The number of Topliss-reactive ketones (excluding diaryl/α,β-unsaturated/α-hetero) is 1. The molecule has 0 aromatic heterocycles. The van der Waals surface area contributed by atoms with Gasteiger partial charge in [0.15, 0.2) is 11.9 Å². The minimum atomic E-state index is -0.603. The van der Waals surface area contributed by atoms with Crippen LogP contribution in [0.5, 0.6) is 11.5 Å². The molecule has 50 heavy (non-hydrogen) atoms. The van der Waals surface area contributed by atoms with E-state index in [1.165, 1.54) is 0 Å². The van der Waals surface area contributed by atoms with E-state index in [-0.39, 0.29) is 24.4 Å². The summed E-state index contributed by atoms with van der Waals surface area (Å²) in [5, 5.41) is 0. The second-order valence-corrected chi connectivity index (χ2v) is 11.5. The molecule has 4 rings (SSSR count). The molecule has 0 aliphatic carbocycles. The van der Waals surface area contributed by atoms with E-state index in [1.54, 1.807) is 60.7 Å². The van der Waals surface area contributed by atoms with Crippen molar-refractivity contribution in [2.24, 2.45) is 5.92 Å². The third-order valence-electron chi connectivity index (χ3n) is 7.90. The van der Waals surface area contributed by atoms with Gasteiger partial charge in [-0.25, -0.2) is 14.4 Å². The van der Waals surface area contributed by atoms with Crippen LogP contribution in [-0.2, 0) is 33.3 Å². The topological polar surface area (TPSA) is 133 Å². The minimum absolute atomic E-state index is 0.171. The lowest BCUT2D eigenvalue weighted by Gasteiger charge is -2.18. The molecule has 0 saturated carbocycles. The number of carbonyl (C=O) groups is 4. The molecule has 1 radical (unpaired) electrons. The predicted octanol–water partition coefficient (Wildman–Crippen LogP) is 5.60. The van der Waals surface area contributed by atoms with Crippen LogP contribution >= 0.6 is 0 Å². The average molecular weight is 688 g/mol. The molecule has 11 heteroatoms. The number of rotatable bonds is 21. The molecular weight excluding hydrogens is 644 g/mol. The van der Waals surface area contributed by atoms with E-state index < -0.39 is 30.1 Å². The molecule has 2 aromatic rings. The molecular formula is C39H43O11. The van der Waals surface area contributed by atoms with Crippen molar-refractivity contribution in [2.75, 3.05) is 39.6 Å². The number of ketones is 1. The van der Waals surface area contributed by atoms with E-state index in [1.807, 2.05) is 6.42 Å². The fraction of sp³-hybridized carbons (Fsp3) is 0.359. The normalized spacial score (nSPS) is 19.5. The summed E-state index contributed by atoms with van der Waals surface area (Å²) in [6.45, 7) is 12.4. The largest absolute Gasteiger partial charge is 0.494 e. The maximum atomic E-state index is 13.4. The van der Waals surface area contributed by atoms with Gasteiger partial charge in [0.25, 0.3) is 0 Å². The fourth-order valence-electron chi connectivity index (χ4n) is 5.32. The number of ether oxygens (including phenoxy) is 7. The van der Waals surface area contributed by atoms with Crippen LogP contribution < -0.4 is 9.47 Å². The van der Waals surface area contributed by atoms with Gasteiger partial charge in [0.2, 0.25) is 0 Å². The van der Waals surface area contributed by atoms with Gasteiger partial charge in [-0.2, -0.15) is 0 Å². The SMILES string of the molecule is C=C/C=C(\[CH]C1CO[C@@H]2[C@@H](OC(=O)c3ccc(OCCCCOC(=O)C=C)cc3)CO[C@H]12)C(=O)c1ccc(OCCCCOC(=O)C=C)cc1. The van der Waals surface area contributed by atoms with Gasteiger partial charge in [-0.3, -0.25) is 4.79 Å². The molecule has 0 bridgehead atoms. The van der Waals surface area contributed by atoms with Crippen LogP contribution in [0, 0.1) is 12.3 Å². The molecule has 2 heterocycles. The van der Waals surface area contributed by atoms with Crippen molar-refractivity contribution >= 4 is 23.7 Å². The van der Waals surface area contributed by atoms with E-state index >= 15 is 0 Å². The number of esters is 3. The Morgan fingerprint density at radius 3 is 1.74 bits per heavy atom. The average Bonchev–Trinajstić information content (AvgIpc) is 3.73. The predicted molar refractivity (Wildman–Crippen MR) is 184 cm³/mol. The quantitative estimate of drug-likeness (QED) is 0.0406. The standard InChI is InChI=1S/C39H43O11/c1-4-11-29(36(42)27-12-16-31(17-13-27)44-20-7-9-22-46-34(40)5-2)24-30-25-48-38-33(26-49-37(30)38)50-39(43)28-14-18-32(19-15-28)45-21-8-10-23-47-35(41)6-3/h4-6,11-19,24,30,33,37-38H,1-3,7-10,20-23,25-26H2/b29-11+/t30?,33-,37+,38+/m0/s1. The number of benzene rings is 2. The maximum Gasteiger partial charge on any atom is 0.338 e. The Hall–Kier alpha value is -5.00. The zero-order valence-corrected chi connectivity index (χ0v) is 28.0. The van der Waals surface area contributed by atoms with E-state index in [0.717, 1.165) is 12.2 Å². The number of unbranched alkanes of at least 4 members (excludes halogenated alkanes) is 2. The first kappa shape index (κ1) is 37.8. The van der Waals surface area contributed by atoms with E-state index in [2.05, 4.69) is 19.7 Å². The van der Waals surface area contributed by atoms with Gasteiger partial charge in [-0.1, -0.05) is 31.9 Å². The minimum Gasteiger partial charge on any atom is -0.494 e. The van der Waals surface area contributed by atoms with E-state index in [0.29, 0.717) is 86.9 Å². The van der Waals surface area contributed by atoms with Crippen molar-refractivity contribution < 1.29 is 52.3 Å². The van der Waals surface area contributed by atoms with Crippen LogP contribution in [0.15, 0.2) is 98.1 Å². The molecule has 4 atom stereocenters. The summed E-state index contributed by atoms with van der Waals surface area (Å²) < 4.78 is 39.1. The second-order valence-electron chi connectivity index (χ2n) is 11.5. The van der Waals surface area contributed by atoms with Gasteiger partial charge in [-0.05, 0) is 74.2 Å². The van der Waals surface area contributed by atoms with Gasteiger partial charge >= 0.3 is 17.9 Å². The van der Waals surface area contributed by atoms with Crippen molar-refractivity contribution in [3.8, 4) is 11.5 Å². The molecule has 2 saturated heterocycles. The number of fused-ring (bicyclic) bond motifs is 1. The summed E-state index contributed by atoms with van der Waals surface area (Å²) in [6.07, 6.45) is 8.54. The van der Waals surface area contributed by atoms with Gasteiger partial charge < -0.3 is 33.2 Å². The zero-order valence-electron chi connectivity index (χ0n) is 28.0. The number of hydrogen-bond donors (Lipinski definition) is 0. The molecule has 11 nitrogen and oxygen atoms in total. The first-order valence-electron chi connectivity index (χ1n) is 16.5. The summed E-state index contributed by atoms with van der Waals surface area (Å²) in [5.74, 6) is -0.604. The van der Waals surface area contributed by atoms with Crippen LogP contribution in [0.1, 0.15) is 46.4 Å². The Morgan fingerprint density at radius 2 is 1.20 bits per heavy atom. The maximum absolute atomic E-state index is 13.4. The van der Waals surface area contributed by atoms with Gasteiger partial charge in [0.1, 0.15) is 17.6 Å². The lowest BCUT2D eigenvalue weighted by atomic mass is 9.89. The number of hydrogen-bond acceptors (Lipinski definition) is 11. The smallest absolute Gasteiger partial charge is 0.338 e. The summed E-state index contributed by atoms with van der Waals surface area (Å²) in [5.41, 5.74) is 1.29. The Bertz CT molecular complexity index is 1510. The molecule has 2 aliphatic rings. The molecule has 0 amide bonds. The summed E-state index contributed by atoms with van der Waals surface area (Å²) in [6, 6.07) is 13.5. The van der Waals surface area contributed by atoms with Crippen LogP contribution in [0.4, 0.5) is 0 Å². The lowest BCUT2D eigenvalue weighted by molar-refractivity contribution is -0.138. The highest BCUT2D eigenvalue weighted by molar-refractivity contribution is 6.10. The number of carbonyl (C=O) groups excluding carboxylic acids is 4. The highest BCUT2D eigenvalue weighted by atomic mass is 16.6. The fourth-order valence-corrected chi connectivity index (χ4v) is 5.32. The van der Waals surface area contributed by atoms with Crippen molar-refractivity contribution in [1.82, 2.24) is 0 Å². The zero-order chi connectivity index (χ0) is 35.7. The third kappa shape index (κ3) is 11.3. The molecule has 0 spiro atoms. The monoisotopic (exact) mass is 687 g/mol. The molecule has 2 fully saturated rings. The van der Waals surface area contributed by atoms with E-state index in [4.69, 9.17) is 33.2 Å². The molecule has 1 unspecified atom stereocenters. The first-order valence-corrected chi connectivity index (χ1v) is 16.5. The van der Waals surface area contributed by atoms with Crippen molar-refractivity contribution in [3.05, 3.63) is 116 Å². The van der Waals surface area contributed by atoms with Crippen LogP contribution in [-0.4, -0.2) is 81.6 Å². The Kier molecular flexibility index (Phi) is 15.0. The van der Waals surface area contributed by atoms with Gasteiger partial charge in [-0.15, -0.1) is 0 Å². The molecule has 2 aromatic carbocycles. The number of allylic oxidation sites excluding steroid dienone is 3. The van der Waals surface area contributed by atoms with Crippen molar-refractivity contribution in [2.45, 2.75) is 44.0 Å². The van der Waals surface area contributed by atoms with Crippen LogP contribution in [0.2, 0.25) is 0 Å². The van der Waals surface area contributed by atoms with Crippen molar-refractivity contribution in [3.63, 3.8) is 0 Å². The summed E-state index contributed by atoms with van der Waals surface area (Å²) in [7, 11) is 0. The Labute approximate surface area is 292 Å². The Morgan fingerprint density at radius 1 is 0.680 bits per heavy atom. The highest BCUT2D eigenvalue weighted by Crippen LogP contribution is 2.36.